The van der Waals surface area contributed by atoms with Gasteiger partial charge in [-0.25, -0.2) is 4.39 Å². The third-order valence-electron chi connectivity index (χ3n) is 2.40. The van der Waals surface area contributed by atoms with Gasteiger partial charge < -0.3 is 9.47 Å². The van der Waals surface area contributed by atoms with Gasteiger partial charge in [-0.15, -0.1) is 0 Å². The lowest BCUT2D eigenvalue weighted by Gasteiger charge is -2.09. The van der Waals surface area contributed by atoms with Gasteiger partial charge in [-0.3, -0.25) is 4.79 Å². The van der Waals surface area contributed by atoms with Crippen LogP contribution in [0.2, 0.25) is 0 Å². The Balaban J connectivity index is 2.30. The highest BCUT2D eigenvalue weighted by atomic mass is 19.1. The van der Waals surface area contributed by atoms with Crippen LogP contribution in [0.15, 0.2) is 42.5 Å². The summed E-state index contributed by atoms with van der Waals surface area (Å²) in [7, 11) is 1.55. The summed E-state index contributed by atoms with van der Waals surface area (Å²) in [6.07, 6.45) is 0.557. The third-order valence-corrected chi connectivity index (χ3v) is 2.40. The zero-order chi connectivity index (χ0) is 13.0. The molecule has 0 unspecified atom stereocenters. The average Bonchev–Trinajstić information content (AvgIpc) is 2.42. The molecule has 0 aromatic heterocycles. The standard InChI is InChI=1S/C14H11FO3/c1-17-11-5-7-12(8-6-11)18-14-10(9-16)3-2-4-13(14)15/h2-9H,1H3. The number of halogens is 1. The van der Waals surface area contributed by atoms with Gasteiger partial charge in [0.1, 0.15) is 11.5 Å². The van der Waals surface area contributed by atoms with Crippen LogP contribution in [0, 0.1) is 5.82 Å². The molecule has 0 spiro atoms. The zero-order valence-corrected chi connectivity index (χ0v) is 9.72. The molecule has 0 aliphatic carbocycles. The average molecular weight is 246 g/mol. The third kappa shape index (κ3) is 2.48. The summed E-state index contributed by atoms with van der Waals surface area (Å²) < 4.78 is 23.9. The fourth-order valence-corrected chi connectivity index (χ4v) is 1.49. The van der Waals surface area contributed by atoms with Crippen LogP contribution < -0.4 is 9.47 Å². The van der Waals surface area contributed by atoms with E-state index in [0.29, 0.717) is 17.8 Å². The smallest absolute Gasteiger partial charge is 0.173 e. The minimum absolute atomic E-state index is 0.0716. The first kappa shape index (κ1) is 12.1. The van der Waals surface area contributed by atoms with E-state index in [2.05, 4.69) is 0 Å². The molecule has 0 aliphatic heterocycles. The predicted molar refractivity (Wildman–Crippen MR) is 64.9 cm³/mol. The lowest BCUT2D eigenvalue weighted by Crippen LogP contribution is -1.94. The summed E-state index contributed by atoms with van der Waals surface area (Å²) >= 11 is 0. The van der Waals surface area contributed by atoms with Crippen molar-refractivity contribution in [2.75, 3.05) is 7.11 Å². The van der Waals surface area contributed by atoms with Crippen LogP contribution in [0.25, 0.3) is 0 Å². The lowest BCUT2D eigenvalue weighted by molar-refractivity contribution is 0.112. The first-order chi connectivity index (χ1) is 8.74. The Bertz CT molecular complexity index is 549. The molecule has 0 fully saturated rings. The molecule has 18 heavy (non-hydrogen) atoms. The largest absolute Gasteiger partial charge is 0.497 e. The number of para-hydroxylation sites is 1. The summed E-state index contributed by atoms with van der Waals surface area (Å²) in [6, 6.07) is 10.9. The number of carbonyl (C=O) groups is 1. The van der Waals surface area contributed by atoms with Crippen molar-refractivity contribution < 1.29 is 18.7 Å². The molecule has 0 radical (unpaired) electrons. The Hall–Kier alpha value is -2.36. The van der Waals surface area contributed by atoms with Crippen molar-refractivity contribution in [3.63, 3.8) is 0 Å². The van der Waals surface area contributed by atoms with E-state index in [1.807, 2.05) is 0 Å². The van der Waals surface area contributed by atoms with Gasteiger partial charge in [0.05, 0.1) is 12.7 Å². The highest BCUT2D eigenvalue weighted by molar-refractivity contribution is 5.79. The molecule has 0 saturated carbocycles. The number of hydrogen-bond donors (Lipinski definition) is 0. The molecule has 0 aliphatic rings. The molecule has 0 heterocycles. The minimum Gasteiger partial charge on any atom is -0.497 e. The van der Waals surface area contributed by atoms with Crippen LogP contribution in [0.3, 0.4) is 0 Å². The van der Waals surface area contributed by atoms with Gasteiger partial charge in [0.15, 0.2) is 17.9 Å². The van der Waals surface area contributed by atoms with E-state index >= 15 is 0 Å². The maximum absolute atomic E-state index is 13.6. The molecule has 0 amide bonds. The Labute approximate surface area is 104 Å². The van der Waals surface area contributed by atoms with Crippen molar-refractivity contribution in [1.82, 2.24) is 0 Å². The molecule has 0 atom stereocenters. The van der Waals surface area contributed by atoms with Crippen molar-refractivity contribution in [1.29, 1.82) is 0 Å². The fraction of sp³-hybridized carbons (Fsp3) is 0.0714. The second kappa shape index (κ2) is 5.31. The summed E-state index contributed by atoms with van der Waals surface area (Å²) in [5.41, 5.74) is 0.172. The molecule has 4 heteroatoms. The highest BCUT2D eigenvalue weighted by Crippen LogP contribution is 2.28. The van der Waals surface area contributed by atoms with E-state index < -0.39 is 5.82 Å². The zero-order valence-electron chi connectivity index (χ0n) is 9.72. The summed E-state index contributed by atoms with van der Waals surface area (Å²) in [4.78, 5) is 10.8. The number of hydrogen-bond acceptors (Lipinski definition) is 3. The van der Waals surface area contributed by atoms with E-state index in [1.165, 1.54) is 18.2 Å². The Morgan fingerprint density at radius 2 is 1.72 bits per heavy atom. The fourth-order valence-electron chi connectivity index (χ4n) is 1.49. The SMILES string of the molecule is COc1ccc(Oc2c(F)cccc2C=O)cc1. The Kier molecular flexibility index (Phi) is 3.57. The molecule has 0 N–H and O–H groups in total. The van der Waals surface area contributed by atoms with Gasteiger partial charge in [0.2, 0.25) is 0 Å². The van der Waals surface area contributed by atoms with Crippen molar-refractivity contribution in [3.8, 4) is 17.2 Å². The Morgan fingerprint density at radius 3 is 2.33 bits per heavy atom. The Morgan fingerprint density at radius 1 is 1.06 bits per heavy atom. The number of benzene rings is 2. The van der Waals surface area contributed by atoms with Crippen molar-refractivity contribution >= 4 is 6.29 Å². The van der Waals surface area contributed by atoms with Gasteiger partial charge in [-0.05, 0) is 36.4 Å². The molecule has 3 nitrogen and oxygen atoms in total. The van der Waals surface area contributed by atoms with Gasteiger partial charge >= 0.3 is 0 Å². The summed E-state index contributed by atoms with van der Waals surface area (Å²) in [5, 5.41) is 0. The number of carbonyl (C=O) groups excluding carboxylic acids is 1. The molecule has 2 aromatic carbocycles. The quantitative estimate of drug-likeness (QED) is 0.775. The predicted octanol–water partition coefficient (Wildman–Crippen LogP) is 3.44. The van der Waals surface area contributed by atoms with Crippen LogP contribution in [0.5, 0.6) is 17.2 Å². The van der Waals surface area contributed by atoms with Crippen LogP contribution in [0.4, 0.5) is 4.39 Å². The normalized spacial score (nSPS) is 9.89. The van der Waals surface area contributed by atoms with E-state index in [9.17, 15) is 9.18 Å². The number of aldehydes is 1. The van der Waals surface area contributed by atoms with Crippen LogP contribution in [0.1, 0.15) is 10.4 Å². The molecule has 2 rings (SSSR count). The van der Waals surface area contributed by atoms with Gasteiger partial charge in [-0.2, -0.15) is 0 Å². The van der Waals surface area contributed by atoms with E-state index in [-0.39, 0.29) is 11.3 Å². The molecule has 2 aromatic rings. The van der Waals surface area contributed by atoms with Gasteiger partial charge in [0.25, 0.3) is 0 Å². The highest BCUT2D eigenvalue weighted by Gasteiger charge is 2.10. The van der Waals surface area contributed by atoms with E-state index in [4.69, 9.17) is 9.47 Å². The van der Waals surface area contributed by atoms with Crippen molar-refractivity contribution in [3.05, 3.63) is 53.8 Å². The lowest BCUT2D eigenvalue weighted by atomic mass is 10.2. The van der Waals surface area contributed by atoms with Crippen LogP contribution in [-0.2, 0) is 0 Å². The van der Waals surface area contributed by atoms with E-state index in [1.54, 1.807) is 31.4 Å². The van der Waals surface area contributed by atoms with E-state index in [0.717, 1.165) is 0 Å². The molecule has 92 valence electrons. The second-order valence-electron chi connectivity index (χ2n) is 3.55. The first-order valence-electron chi connectivity index (χ1n) is 5.30. The van der Waals surface area contributed by atoms with Crippen molar-refractivity contribution in [2.24, 2.45) is 0 Å². The summed E-state index contributed by atoms with van der Waals surface area (Å²) in [5.74, 6) is 0.462. The minimum atomic E-state index is -0.574. The number of ether oxygens (including phenoxy) is 2. The first-order valence-corrected chi connectivity index (χ1v) is 5.30. The second-order valence-corrected chi connectivity index (χ2v) is 3.55. The van der Waals surface area contributed by atoms with Gasteiger partial charge in [-0.1, -0.05) is 6.07 Å². The number of rotatable bonds is 4. The van der Waals surface area contributed by atoms with Gasteiger partial charge in [0, 0.05) is 0 Å². The molecule has 0 saturated heterocycles. The maximum atomic E-state index is 13.6. The topological polar surface area (TPSA) is 35.5 Å². The number of methoxy groups -OCH3 is 1. The summed E-state index contributed by atoms with van der Waals surface area (Å²) in [6.45, 7) is 0. The van der Waals surface area contributed by atoms with Crippen molar-refractivity contribution in [2.45, 2.75) is 0 Å². The van der Waals surface area contributed by atoms with Crippen LogP contribution in [-0.4, -0.2) is 13.4 Å². The molecular weight excluding hydrogens is 235 g/mol. The maximum Gasteiger partial charge on any atom is 0.173 e. The molecular formula is C14H11FO3. The molecule has 0 bridgehead atoms. The monoisotopic (exact) mass is 246 g/mol. The van der Waals surface area contributed by atoms with Crippen LogP contribution >= 0.6 is 0 Å².